The fourth-order valence-corrected chi connectivity index (χ4v) is 6.53. The number of halogens is 5. The molecular weight excluding hydrogens is 513 g/mol. The molecule has 1 heterocycles. The van der Waals surface area contributed by atoms with E-state index in [4.69, 9.17) is 0 Å². The molecule has 0 atom stereocenters. The number of unbranched alkanes of at least 4 members (excludes halogenated alkanes) is 1. The monoisotopic (exact) mass is 545 g/mol. The lowest BCUT2D eigenvalue weighted by Crippen LogP contribution is -2.46. The average Bonchev–Trinajstić information content (AvgIpc) is 2.81. The molecule has 4 nitrogen and oxygen atoms in total. The van der Waals surface area contributed by atoms with Crippen LogP contribution in [0.4, 0.5) is 22.0 Å². The van der Waals surface area contributed by atoms with Crippen LogP contribution in [0.2, 0.25) is 0 Å². The van der Waals surface area contributed by atoms with E-state index < -0.39 is 44.4 Å². The first-order chi connectivity index (χ1) is 17.1. The third-order valence-corrected chi connectivity index (χ3v) is 10.1. The van der Waals surface area contributed by atoms with E-state index in [0.717, 1.165) is 31.0 Å². The summed E-state index contributed by atoms with van der Waals surface area (Å²) in [5.74, 6) is -3.23. The number of carbonyl (C=O) groups excluding carboxylic acids is 1. The van der Waals surface area contributed by atoms with Gasteiger partial charge in [-0.2, -0.15) is 22.0 Å². The van der Waals surface area contributed by atoms with Gasteiger partial charge in [-0.1, -0.05) is 25.8 Å². The van der Waals surface area contributed by atoms with Gasteiger partial charge in [0.05, 0.1) is 15.2 Å². The van der Waals surface area contributed by atoms with Gasteiger partial charge in [0.2, 0.25) is 0 Å². The standard InChI is InChI=1S/C27H32F5NO3S/c1-4-26(28,29)24-16-19(12-13-33-24)23(34)11-6-5-8-18-14-21(15-18)25(2,3)37(35,36)22-10-7-9-20(17-22)27(30,31)32/h7,9-10,12-13,16-18,21H,4-6,8,11,14-15H2,1-3H3. The number of rotatable bonds is 11. The maximum atomic E-state index is 13.9. The smallest absolute Gasteiger partial charge is 0.294 e. The summed E-state index contributed by atoms with van der Waals surface area (Å²) in [6.45, 7) is 4.48. The van der Waals surface area contributed by atoms with Crippen LogP contribution in [0.3, 0.4) is 0 Å². The molecular formula is C27H32F5NO3S. The molecule has 0 amide bonds. The van der Waals surface area contributed by atoms with Crippen molar-refractivity contribution >= 4 is 15.6 Å². The number of pyridine rings is 1. The summed E-state index contributed by atoms with van der Waals surface area (Å²) in [6, 6.07) is 6.44. The highest BCUT2D eigenvalue weighted by molar-refractivity contribution is 7.92. The van der Waals surface area contributed by atoms with Crippen LogP contribution in [0.15, 0.2) is 47.5 Å². The van der Waals surface area contributed by atoms with Crippen molar-refractivity contribution in [3.8, 4) is 0 Å². The van der Waals surface area contributed by atoms with Crippen LogP contribution in [0.1, 0.15) is 87.3 Å². The fraction of sp³-hybridized carbons (Fsp3) is 0.556. The second kappa shape index (κ2) is 10.8. The van der Waals surface area contributed by atoms with Gasteiger partial charge in [0.15, 0.2) is 15.6 Å². The second-order valence-electron chi connectivity index (χ2n) is 10.3. The van der Waals surface area contributed by atoms with Crippen molar-refractivity contribution in [3.63, 3.8) is 0 Å². The van der Waals surface area contributed by atoms with E-state index in [9.17, 15) is 35.2 Å². The van der Waals surface area contributed by atoms with Crippen LogP contribution in [0.25, 0.3) is 0 Å². The zero-order valence-corrected chi connectivity index (χ0v) is 21.9. The Morgan fingerprint density at radius 2 is 1.70 bits per heavy atom. The number of hydrogen-bond acceptors (Lipinski definition) is 4. The normalized spacial score (nSPS) is 18.9. The summed E-state index contributed by atoms with van der Waals surface area (Å²) >= 11 is 0. The Morgan fingerprint density at radius 1 is 1.03 bits per heavy atom. The number of carbonyl (C=O) groups is 1. The van der Waals surface area contributed by atoms with E-state index in [1.54, 1.807) is 13.8 Å². The van der Waals surface area contributed by atoms with Crippen molar-refractivity contribution in [3.05, 3.63) is 59.4 Å². The van der Waals surface area contributed by atoms with Gasteiger partial charge < -0.3 is 0 Å². The first-order valence-electron chi connectivity index (χ1n) is 12.4. The summed E-state index contributed by atoms with van der Waals surface area (Å²) in [6.07, 6.45) is -0.225. The van der Waals surface area contributed by atoms with E-state index in [2.05, 4.69) is 4.98 Å². The van der Waals surface area contributed by atoms with E-state index in [1.165, 1.54) is 25.3 Å². The lowest BCUT2D eigenvalue weighted by Gasteiger charge is -2.45. The van der Waals surface area contributed by atoms with E-state index in [1.807, 2.05) is 0 Å². The number of Topliss-reactive ketones (excluding diaryl/α,β-unsaturated/α-hetero) is 1. The Labute approximate surface area is 214 Å². The molecule has 1 aromatic carbocycles. The third kappa shape index (κ3) is 6.38. The number of sulfone groups is 1. The topological polar surface area (TPSA) is 64.1 Å². The third-order valence-electron chi connectivity index (χ3n) is 7.55. The molecule has 0 unspecified atom stereocenters. The minimum atomic E-state index is -4.63. The molecule has 2 aromatic rings. The van der Waals surface area contributed by atoms with Crippen LogP contribution >= 0.6 is 0 Å². The Bertz CT molecular complexity index is 1220. The first kappa shape index (κ1) is 29.2. The molecule has 37 heavy (non-hydrogen) atoms. The molecule has 1 aliphatic rings. The number of ketones is 1. The SMILES string of the molecule is CCC(F)(F)c1cc(C(=O)CCCCC2CC(C(C)(C)S(=O)(=O)c3cccc(C(F)(F)F)c3)C2)ccn1. The Morgan fingerprint density at radius 3 is 2.32 bits per heavy atom. The molecule has 0 saturated heterocycles. The molecule has 1 aromatic heterocycles. The Hall–Kier alpha value is -2.36. The molecule has 204 valence electrons. The van der Waals surface area contributed by atoms with Crippen LogP contribution in [-0.2, 0) is 21.9 Å². The highest BCUT2D eigenvalue weighted by atomic mass is 32.2. The zero-order valence-electron chi connectivity index (χ0n) is 21.1. The van der Waals surface area contributed by atoms with Crippen molar-refractivity contribution in [2.45, 2.75) is 87.5 Å². The molecule has 1 aliphatic carbocycles. The van der Waals surface area contributed by atoms with Gasteiger partial charge in [-0.3, -0.25) is 9.78 Å². The molecule has 3 rings (SSSR count). The summed E-state index contributed by atoms with van der Waals surface area (Å²) < 4.78 is 92.1. The number of benzene rings is 1. The van der Waals surface area contributed by atoms with Crippen LogP contribution in [-0.4, -0.2) is 23.9 Å². The van der Waals surface area contributed by atoms with E-state index in [-0.39, 0.29) is 34.5 Å². The Kier molecular flexibility index (Phi) is 8.51. The molecule has 0 bridgehead atoms. The van der Waals surface area contributed by atoms with Gasteiger partial charge in [-0.05, 0) is 75.3 Å². The number of alkyl halides is 5. The summed E-state index contributed by atoms with van der Waals surface area (Å²) in [4.78, 5) is 15.8. The van der Waals surface area contributed by atoms with Crippen molar-refractivity contribution in [2.24, 2.45) is 11.8 Å². The van der Waals surface area contributed by atoms with Gasteiger partial charge in [-0.15, -0.1) is 0 Å². The second-order valence-corrected chi connectivity index (χ2v) is 12.9. The summed E-state index contributed by atoms with van der Waals surface area (Å²) in [7, 11) is -3.99. The molecule has 1 saturated carbocycles. The van der Waals surface area contributed by atoms with Gasteiger partial charge >= 0.3 is 6.18 Å². The zero-order chi connectivity index (χ0) is 27.6. The van der Waals surface area contributed by atoms with E-state index >= 15 is 0 Å². The van der Waals surface area contributed by atoms with Gasteiger partial charge in [0.25, 0.3) is 5.92 Å². The van der Waals surface area contributed by atoms with Crippen LogP contribution < -0.4 is 0 Å². The number of hydrogen-bond donors (Lipinski definition) is 0. The minimum Gasteiger partial charge on any atom is -0.294 e. The van der Waals surface area contributed by atoms with Crippen molar-refractivity contribution < 1.29 is 35.2 Å². The molecule has 1 fully saturated rings. The van der Waals surface area contributed by atoms with Crippen molar-refractivity contribution in [2.75, 3.05) is 0 Å². The van der Waals surface area contributed by atoms with Gasteiger partial charge in [-0.25, -0.2) is 8.42 Å². The molecule has 0 aliphatic heterocycles. The Balaban J connectivity index is 1.50. The highest BCUT2D eigenvalue weighted by Gasteiger charge is 2.48. The number of aromatic nitrogens is 1. The van der Waals surface area contributed by atoms with Crippen molar-refractivity contribution in [1.29, 1.82) is 0 Å². The van der Waals surface area contributed by atoms with Gasteiger partial charge in [0.1, 0.15) is 5.69 Å². The maximum Gasteiger partial charge on any atom is 0.416 e. The minimum absolute atomic E-state index is 0.186. The molecule has 0 spiro atoms. The predicted octanol–water partition coefficient (Wildman–Crippen LogP) is 7.62. The lowest BCUT2D eigenvalue weighted by molar-refractivity contribution is -0.137. The summed E-state index contributed by atoms with van der Waals surface area (Å²) in [5.41, 5.74) is -1.19. The molecule has 0 radical (unpaired) electrons. The average molecular weight is 546 g/mol. The van der Waals surface area contributed by atoms with Crippen LogP contribution in [0, 0.1) is 11.8 Å². The maximum absolute atomic E-state index is 13.9. The number of nitrogens with zero attached hydrogens (tertiary/aromatic N) is 1. The van der Waals surface area contributed by atoms with Gasteiger partial charge in [0, 0.05) is 24.6 Å². The quantitative estimate of drug-likeness (QED) is 0.166. The van der Waals surface area contributed by atoms with Crippen molar-refractivity contribution in [1.82, 2.24) is 4.98 Å². The molecule has 0 N–H and O–H groups in total. The van der Waals surface area contributed by atoms with Crippen LogP contribution in [0.5, 0.6) is 0 Å². The first-order valence-corrected chi connectivity index (χ1v) is 13.9. The lowest BCUT2D eigenvalue weighted by atomic mass is 9.67. The molecule has 10 heteroatoms. The fourth-order valence-electron chi connectivity index (χ4n) is 4.75. The predicted molar refractivity (Wildman–Crippen MR) is 130 cm³/mol. The highest BCUT2D eigenvalue weighted by Crippen LogP contribution is 2.48. The largest absolute Gasteiger partial charge is 0.416 e. The van der Waals surface area contributed by atoms with E-state index in [0.29, 0.717) is 25.3 Å². The summed E-state index contributed by atoms with van der Waals surface area (Å²) in [5, 5.41) is 0.